The molecule has 0 bridgehead atoms. The number of anilines is 1. The summed E-state index contributed by atoms with van der Waals surface area (Å²) < 4.78 is 11.0. The summed E-state index contributed by atoms with van der Waals surface area (Å²) >= 11 is 0. The highest BCUT2D eigenvalue weighted by molar-refractivity contribution is 5.91. The molecule has 6 atom stereocenters. The van der Waals surface area contributed by atoms with Crippen LogP contribution in [-0.4, -0.2) is 111 Å². The number of benzene rings is 2. The van der Waals surface area contributed by atoms with Crippen molar-refractivity contribution in [3.8, 4) is 5.75 Å². The van der Waals surface area contributed by atoms with Gasteiger partial charge in [0.25, 0.3) is 0 Å². The lowest BCUT2D eigenvalue weighted by molar-refractivity contribution is -0.277. The average molecular weight is 585 g/mol. The Bertz CT molecular complexity index is 1220. The first-order valence-electron chi connectivity index (χ1n) is 14.5. The summed E-state index contributed by atoms with van der Waals surface area (Å²) in [5, 5.41) is 45.5. The second-order valence-electron chi connectivity index (χ2n) is 11.3. The molecule has 3 aliphatic heterocycles. The first-order valence-corrected chi connectivity index (χ1v) is 14.5. The molecule has 3 unspecified atom stereocenters. The number of carbonyl (C=O) groups excluding carboxylic acids is 2. The van der Waals surface area contributed by atoms with Crippen molar-refractivity contribution < 1.29 is 39.5 Å². The molecule has 2 saturated heterocycles. The van der Waals surface area contributed by atoms with Crippen LogP contribution in [0.3, 0.4) is 0 Å². The van der Waals surface area contributed by atoms with E-state index in [-0.39, 0.29) is 24.1 Å². The van der Waals surface area contributed by atoms with E-state index in [9.17, 15) is 30.0 Å². The van der Waals surface area contributed by atoms with Crippen LogP contribution < -0.4 is 15.4 Å². The van der Waals surface area contributed by atoms with Crippen LogP contribution in [0.5, 0.6) is 5.75 Å². The second-order valence-corrected chi connectivity index (χ2v) is 11.3. The van der Waals surface area contributed by atoms with Gasteiger partial charge in [0.1, 0.15) is 30.2 Å². The van der Waals surface area contributed by atoms with Crippen LogP contribution in [0.25, 0.3) is 0 Å². The largest absolute Gasteiger partial charge is 0.462 e. The standard InChI is InChI=1S/C30H40N4O8/c1-18(16-19-6-8-22(9-7-19)41-28-27(38)26(37)25(36)24(17-35)42-28)31-29(39)33-13-11-21(12-14-33)34-15-10-20-4-2-3-5-23(20)32-30(34)40/h2-9,18,21,24-28,35-38H,10-17H2,1H3,(H,31,39)(H,32,40)/t18-,24?,25+,26?,27?,28-/m0/s1. The third-order valence-electron chi connectivity index (χ3n) is 8.27. The van der Waals surface area contributed by atoms with Crippen molar-refractivity contribution in [3.05, 3.63) is 59.7 Å². The van der Waals surface area contributed by atoms with E-state index in [1.165, 1.54) is 0 Å². The van der Waals surface area contributed by atoms with Gasteiger partial charge in [-0.15, -0.1) is 0 Å². The Hall–Kier alpha value is -3.42. The number of hydrogen-bond donors (Lipinski definition) is 6. The molecule has 12 nitrogen and oxygen atoms in total. The van der Waals surface area contributed by atoms with Gasteiger partial charge in [-0.25, -0.2) is 9.59 Å². The van der Waals surface area contributed by atoms with E-state index in [4.69, 9.17) is 9.47 Å². The zero-order valence-electron chi connectivity index (χ0n) is 23.6. The molecule has 0 aromatic heterocycles. The summed E-state index contributed by atoms with van der Waals surface area (Å²) in [7, 11) is 0. The minimum absolute atomic E-state index is 0.0823. The zero-order valence-corrected chi connectivity index (χ0v) is 23.6. The van der Waals surface area contributed by atoms with Gasteiger partial charge in [-0.3, -0.25) is 0 Å². The fraction of sp³-hybridized carbons (Fsp3) is 0.533. The van der Waals surface area contributed by atoms with Gasteiger partial charge in [-0.1, -0.05) is 30.3 Å². The van der Waals surface area contributed by atoms with Gasteiger partial charge in [0.2, 0.25) is 6.29 Å². The molecule has 0 spiro atoms. The third-order valence-corrected chi connectivity index (χ3v) is 8.27. The van der Waals surface area contributed by atoms with Crippen LogP contribution in [0.15, 0.2) is 48.5 Å². The number of hydrogen-bond acceptors (Lipinski definition) is 8. The van der Waals surface area contributed by atoms with E-state index in [2.05, 4.69) is 10.6 Å². The van der Waals surface area contributed by atoms with Gasteiger partial charge in [0.15, 0.2) is 0 Å². The molecule has 6 N–H and O–H groups in total. The van der Waals surface area contributed by atoms with Crippen molar-refractivity contribution in [1.82, 2.24) is 15.1 Å². The molecule has 0 saturated carbocycles. The minimum Gasteiger partial charge on any atom is -0.462 e. The van der Waals surface area contributed by atoms with Crippen molar-refractivity contribution in [2.75, 3.05) is 31.6 Å². The predicted molar refractivity (Wildman–Crippen MR) is 153 cm³/mol. The third kappa shape index (κ3) is 6.79. The number of likely N-dealkylation sites (tertiary alicyclic amines) is 1. The van der Waals surface area contributed by atoms with Crippen LogP contribution in [0, 0.1) is 0 Å². The monoisotopic (exact) mass is 584 g/mol. The molecular weight excluding hydrogens is 544 g/mol. The minimum atomic E-state index is -1.51. The molecule has 2 aromatic rings. The van der Waals surface area contributed by atoms with Crippen molar-refractivity contribution in [1.29, 1.82) is 0 Å². The van der Waals surface area contributed by atoms with Crippen molar-refractivity contribution in [2.24, 2.45) is 0 Å². The number of rotatable bonds is 7. The maximum absolute atomic E-state index is 13.0. The van der Waals surface area contributed by atoms with E-state index in [0.717, 1.165) is 36.1 Å². The van der Waals surface area contributed by atoms with E-state index < -0.39 is 37.3 Å². The highest BCUT2D eigenvalue weighted by Gasteiger charge is 2.44. The number of urea groups is 2. The number of nitrogens with one attached hydrogen (secondary N) is 2. The molecule has 5 rings (SSSR count). The SMILES string of the molecule is C[C@@H](Cc1ccc(O[C@H]2OC(CO)[C@@H](O)C(O)C2O)cc1)NC(=O)N1CCC(N2CCc3ccccc3NC2=O)CC1. The van der Waals surface area contributed by atoms with Gasteiger partial charge in [-0.2, -0.15) is 0 Å². The van der Waals surface area contributed by atoms with E-state index >= 15 is 0 Å². The zero-order chi connectivity index (χ0) is 29.8. The number of carbonyl (C=O) groups is 2. The van der Waals surface area contributed by atoms with E-state index in [1.807, 2.05) is 48.2 Å². The van der Waals surface area contributed by atoms with Crippen molar-refractivity contribution >= 4 is 17.7 Å². The fourth-order valence-corrected chi connectivity index (χ4v) is 5.83. The molecule has 3 aliphatic rings. The van der Waals surface area contributed by atoms with Crippen molar-refractivity contribution in [2.45, 2.75) is 75.4 Å². The molecule has 0 radical (unpaired) electrons. The van der Waals surface area contributed by atoms with Gasteiger partial charge in [-0.05, 0) is 61.9 Å². The van der Waals surface area contributed by atoms with E-state index in [1.54, 1.807) is 17.0 Å². The first kappa shape index (κ1) is 30.1. The van der Waals surface area contributed by atoms with E-state index in [0.29, 0.717) is 31.8 Å². The summed E-state index contributed by atoms with van der Waals surface area (Å²) in [5.74, 6) is 0.379. The lowest BCUT2D eigenvalue weighted by atomic mass is 9.99. The topological polar surface area (TPSA) is 164 Å². The van der Waals surface area contributed by atoms with Gasteiger partial charge >= 0.3 is 12.1 Å². The molecule has 2 fully saturated rings. The van der Waals surface area contributed by atoms with Gasteiger partial charge in [0.05, 0.1) is 6.61 Å². The number of amides is 4. The van der Waals surface area contributed by atoms with Crippen LogP contribution >= 0.6 is 0 Å². The molecule has 42 heavy (non-hydrogen) atoms. The predicted octanol–water partition coefficient (Wildman–Crippen LogP) is 1.06. The summed E-state index contributed by atoms with van der Waals surface area (Å²) in [6.07, 6.45) is -3.92. The number of fused-ring (bicyclic) bond motifs is 1. The number of aliphatic hydroxyl groups is 4. The smallest absolute Gasteiger partial charge is 0.322 e. The number of nitrogens with zero attached hydrogens (tertiary/aromatic N) is 2. The number of piperidine rings is 1. The highest BCUT2D eigenvalue weighted by atomic mass is 16.7. The Balaban J connectivity index is 1.07. The molecule has 228 valence electrons. The maximum atomic E-state index is 13.0. The Morgan fingerprint density at radius 3 is 2.48 bits per heavy atom. The Labute approximate surface area is 244 Å². The number of aliphatic hydroxyl groups excluding tert-OH is 4. The summed E-state index contributed by atoms with van der Waals surface area (Å²) in [4.78, 5) is 29.5. The van der Waals surface area contributed by atoms with Crippen molar-refractivity contribution in [3.63, 3.8) is 0 Å². The summed E-state index contributed by atoms with van der Waals surface area (Å²) in [5.41, 5.74) is 2.96. The molecule has 3 heterocycles. The summed E-state index contributed by atoms with van der Waals surface area (Å²) in [6.45, 7) is 3.20. The Morgan fingerprint density at radius 1 is 1.05 bits per heavy atom. The average Bonchev–Trinajstić information content (AvgIpc) is 3.16. The fourth-order valence-electron chi connectivity index (χ4n) is 5.83. The number of para-hydroxylation sites is 1. The number of ether oxygens (including phenoxy) is 2. The lowest BCUT2D eigenvalue weighted by Gasteiger charge is -2.39. The maximum Gasteiger partial charge on any atom is 0.322 e. The quantitative estimate of drug-likeness (QED) is 0.281. The van der Waals surface area contributed by atoms with Crippen LogP contribution in [-0.2, 0) is 17.6 Å². The molecular formula is C30H40N4O8. The first-order chi connectivity index (χ1) is 20.2. The highest BCUT2D eigenvalue weighted by Crippen LogP contribution is 2.26. The second kappa shape index (κ2) is 13.3. The van der Waals surface area contributed by atoms with Crippen LogP contribution in [0.1, 0.15) is 30.9 Å². The lowest BCUT2D eigenvalue weighted by Crippen LogP contribution is -2.60. The molecule has 4 amide bonds. The summed E-state index contributed by atoms with van der Waals surface area (Å²) in [6, 6.07) is 14.7. The molecule has 2 aromatic carbocycles. The Morgan fingerprint density at radius 2 is 1.76 bits per heavy atom. The van der Waals surface area contributed by atoms with Gasteiger partial charge < -0.3 is 50.3 Å². The normalized spacial score (nSPS) is 27.5. The Kier molecular flexibility index (Phi) is 9.49. The van der Waals surface area contributed by atoms with Crippen LogP contribution in [0.2, 0.25) is 0 Å². The van der Waals surface area contributed by atoms with Gasteiger partial charge in [0, 0.05) is 37.4 Å². The molecule has 12 heteroatoms. The molecule has 0 aliphatic carbocycles. The van der Waals surface area contributed by atoms with Crippen LogP contribution in [0.4, 0.5) is 15.3 Å².